The second-order valence-corrected chi connectivity index (χ2v) is 8.30. The van der Waals surface area contributed by atoms with Crippen molar-refractivity contribution in [2.24, 2.45) is 0 Å². The Balaban J connectivity index is 1.80. The molecule has 29 heavy (non-hydrogen) atoms. The van der Waals surface area contributed by atoms with Crippen LogP contribution in [-0.2, 0) is 10.0 Å². The predicted octanol–water partition coefficient (Wildman–Crippen LogP) is 4.48. The Morgan fingerprint density at radius 3 is 2.24 bits per heavy atom. The van der Waals surface area contributed by atoms with Gasteiger partial charge in [0.15, 0.2) is 5.69 Å². The molecule has 0 amide bonds. The van der Waals surface area contributed by atoms with Crippen molar-refractivity contribution in [1.82, 2.24) is 5.16 Å². The molecule has 1 N–H and O–H groups in total. The van der Waals surface area contributed by atoms with Gasteiger partial charge in [0.25, 0.3) is 10.0 Å². The fourth-order valence-corrected chi connectivity index (χ4v) is 3.93. The first kappa shape index (κ1) is 20.3. The molecular weight excluding hydrogens is 394 g/mol. The fraction of sp³-hybridized carbons (Fsp3) is 0.150. The lowest BCUT2D eigenvalue weighted by Crippen LogP contribution is -2.13. The van der Waals surface area contributed by atoms with E-state index >= 15 is 0 Å². The monoisotopic (exact) mass is 413 g/mol. The first-order valence-electron chi connectivity index (χ1n) is 8.65. The molecule has 0 aliphatic carbocycles. The standard InChI is InChI=1S/C20H19N3O5S/c1-13-10-14(2)12-17(11-13)22-29(26,27)18-7-4-16(5-8-18)6-9-19-20(23(24)25)15(3)21-28-19/h4-12,22H,1-3H3. The van der Waals surface area contributed by atoms with Gasteiger partial charge in [-0.2, -0.15) is 0 Å². The molecule has 0 bridgehead atoms. The van der Waals surface area contributed by atoms with Gasteiger partial charge in [-0.15, -0.1) is 0 Å². The summed E-state index contributed by atoms with van der Waals surface area (Å²) in [6, 6.07) is 11.6. The number of hydrogen-bond acceptors (Lipinski definition) is 6. The van der Waals surface area contributed by atoms with Gasteiger partial charge in [-0.05, 0) is 67.8 Å². The smallest absolute Gasteiger partial charge is 0.338 e. The van der Waals surface area contributed by atoms with Gasteiger partial charge >= 0.3 is 5.69 Å². The van der Waals surface area contributed by atoms with E-state index in [-0.39, 0.29) is 22.0 Å². The third-order valence-electron chi connectivity index (χ3n) is 4.13. The molecule has 150 valence electrons. The predicted molar refractivity (Wildman–Crippen MR) is 110 cm³/mol. The van der Waals surface area contributed by atoms with E-state index in [1.807, 2.05) is 19.9 Å². The summed E-state index contributed by atoms with van der Waals surface area (Å²) >= 11 is 0. The van der Waals surface area contributed by atoms with Crippen LogP contribution < -0.4 is 4.72 Å². The van der Waals surface area contributed by atoms with E-state index in [2.05, 4.69) is 9.88 Å². The minimum absolute atomic E-state index is 0.0284. The highest BCUT2D eigenvalue weighted by Crippen LogP contribution is 2.25. The Hall–Kier alpha value is -3.46. The lowest BCUT2D eigenvalue weighted by atomic mass is 10.1. The molecule has 9 heteroatoms. The molecule has 0 aliphatic heterocycles. The molecule has 0 unspecified atom stereocenters. The number of benzene rings is 2. The highest BCUT2D eigenvalue weighted by molar-refractivity contribution is 7.92. The first-order chi connectivity index (χ1) is 13.7. The van der Waals surface area contributed by atoms with Gasteiger partial charge in [-0.25, -0.2) is 8.42 Å². The molecule has 0 radical (unpaired) electrons. The number of nitrogens with one attached hydrogen (secondary N) is 1. The molecule has 0 spiro atoms. The van der Waals surface area contributed by atoms with Crippen LogP contribution in [0.4, 0.5) is 11.4 Å². The van der Waals surface area contributed by atoms with Crippen molar-refractivity contribution >= 4 is 33.6 Å². The minimum atomic E-state index is -3.74. The van der Waals surface area contributed by atoms with E-state index in [0.717, 1.165) is 11.1 Å². The zero-order valence-electron chi connectivity index (χ0n) is 16.0. The summed E-state index contributed by atoms with van der Waals surface area (Å²) in [7, 11) is -3.74. The normalized spacial score (nSPS) is 11.7. The maximum absolute atomic E-state index is 12.6. The maximum atomic E-state index is 12.6. The average Bonchev–Trinajstić information content (AvgIpc) is 3.00. The fourth-order valence-electron chi connectivity index (χ4n) is 2.89. The zero-order chi connectivity index (χ0) is 21.2. The number of hydrogen-bond donors (Lipinski definition) is 1. The van der Waals surface area contributed by atoms with E-state index in [0.29, 0.717) is 11.3 Å². The molecule has 1 heterocycles. The van der Waals surface area contributed by atoms with Crippen LogP contribution in [0.25, 0.3) is 12.2 Å². The van der Waals surface area contributed by atoms with Gasteiger partial charge in [-0.3, -0.25) is 14.8 Å². The Morgan fingerprint density at radius 2 is 1.66 bits per heavy atom. The summed E-state index contributed by atoms with van der Waals surface area (Å²) in [5.74, 6) is 0.0284. The Morgan fingerprint density at radius 1 is 1.03 bits per heavy atom. The number of anilines is 1. The summed E-state index contributed by atoms with van der Waals surface area (Å²) < 4.78 is 32.7. The van der Waals surface area contributed by atoms with Gasteiger partial charge in [0.1, 0.15) is 0 Å². The number of rotatable bonds is 6. The molecule has 3 aromatic rings. The van der Waals surface area contributed by atoms with E-state index in [9.17, 15) is 18.5 Å². The van der Waals surface area contributed by atoms with Gasteiger partial charge in [0, 0.05) is 5.69 Å². The number of aryl methyl sites for hydroxylation is 3. The largest absolute Gasteiger partial charge is 0.349 e. The van der Waals surface area contributed by atoms with Gasteiger partial charge < -0.3 is 4.52 Å². The summed E-state index contributed by atoms with van der Waals surface area (Å²) in [5.41, 5.74) is 3.06. The molecular formula is C20H19N3O5S. The number of sulfonamides is 1. The van der Waals surface area contributed by atoms with Crippen molar-refractivity contribution in [1.29, 1.82) is 0 Å². The van der Waals surface area contributed by atoms with Crippen LogP contribution in [0.1, 0.15) is 28.1 Å². The Bertz CT molecular complexity index is 1180. The molecule has 1 aromatic heterocycles. The van der Waals surface area contributed by atoms with Crippen LogP contribution in [0.2, 0.25) is 0 Å². The number of aromatic nitrogens is 1. The van der Waals surface area contributed by atoms with E-state index in [1.54, 1.807) is 30.3 Å². The van der Waals surface area contributed by atoms with Crippen molar-refractivity contribution in [2.75, 3.05) is 4.72 Å². The second-order valence-electron chi connectivity index (χ2n) is 6.62. The van der Waals surface area contributed by atoms with E-state index in [4.69, 9.17) is 4.52 Å². The molecule has 0 aliphatic rings. The number of nitrogens with zero attached hydrogens (tertiary/aromatic N) is 2. The second kappa shape index (κ2) is 7.88. The molecule has 3 rings (SSSR count). The number of nitro groups is 1. The third kappa shape index (κ3) is 4.69. The molecule has 0 atom stereocenters. The van der Waals surface area contributed by atoms with Crippen molar-refractivity contribution < 1.29 is 17.9 Å². The van der Waals surface area contributed by atoms with Crippen LogP contribution in [0, 0.1) is 30.9 Å². The first-order valence-corrected chi connectivity index (χ1v) is 10.1. The lowest BCUT2D eigenvalue weighted by Gasteiger charge is -2.10. The minimum Gasteiger partial charge on any atom is -0.349 e. The van der Waals surface area contributed by atoms with Crippen LogP contribution >= 0.6 is 0 Å². The highest BCUT2D eigenvalue weighted by atomic mass is 32.2. The van der Waals surface area contributed by atoms with Gasteiger partial charge in [0.2, 0.25) is 5.76 Å². The Labute approximate surface area is 168 Å². The van der Waals surface area contributed by atoms with Gasteiger partial charge in [0.05, 0.1) is 9.82 Å². The molecule has 0 saturated heterocycles. The van der Waals surface area contributed by atoms with E-state index < -0.39 is 14.9 Å². The third-order valence-corrected chi connectivity index (χ3v) is 5.53. The molecule has 0 saturated carbocycles. The topological polar surface area (TPSA) is 115 Å². The summed E-state index contributed by atoms with van der Waals surface area (Å²) in [6.07, 6.45) is 3.01. The molecule has 0 fully saturated rings. The van der Waals surface area contributed by atoms with Gasteiger partial charge in [-0.1, -0.05) is 29.4 Å². The maximum Gasteiger partial charge on any atom is 0.338 e. The van der Waals surface area contributed by atoms with Crippen LogP contribution in [0.3, 0.4) is 0 Å². The van der Waals surface area contributed by atoms with Crippen LogP contribution in [-0.4, -0.2) is 18.5 Å². The van der Waals surface area contributed by atoms with Crippen molar-refractivity contribution in [2.45, 2.75) is 25.7 Å². The molecule has 8 nitrogen and oxygen atoms in total. The summed E-state index contributed by atoms with van der Waals surface area (Å²) in [5, 5.41) is 14.7. The van der Waals surface area contributed by atoms with Crippen LogP contribution in [0.15, 0.2) is 51.9 Å². The zero-order valence-corrected chi connectivity index (χ0v) is 16.9. The SMILES string of the molecule is Cc1cc(C)cc(NS(=O)(=O)c2ccc(C=Cc3onc(C)c3[N+](=O)[O-])cc2)c1. The summed E-state index contributed by atoms with van der Waals surface area (Å²) in [4.78, 5) is 10.6. The van der Waals surface area contributed by atoms with Crippen molar-refractivity contribution in [3.63, 3.8) is 0 Å². The summed E-state index contributed by atoms with van der Waals surface area (Å²) in [6.45, 7) is 5.28. The van der Waals surface area contributed by atoms with Crippen LogP contribution in [0.5, 0.6) is 0 Å². The van der Waals surface area contributed by atoms with E-state index in [1.165, 1.54) is 25.1 Å². The average molecular weight is 413 g/mol. The molecule has 2 aromatic carbocycles. The quantitative estimate of drug-likeness (QED) is 0.470. The van der Waals surface area contributed by atoms with Crippen molar-refractivity contribution in [3.8, 4) is 0 Å². The highest BCUT2D eigenvalue weighted by Gasteiger charge is 2.22. The van der Waals surface area contributed by atoms with Crippen molar-refractivity contribution in [3.05, 3.63) is 80.7 Å². The Kier molecular flexibility index (Phi) is 5.51. The lowest BCUT2D eigenvalue weighted by molar-refractivity contribution is -0.386.